The van der Waals surface area contributed by atoms with Crippen LogP contribution < -0.4 is 0 Å². The number of esters is 1. The van der Waals surface area contributed by atoms with Crippen LogP contribution in [0.5, 0.6) is 0 Å². The number of hydrogen-bond donors (Lipinski definition) is 0. The number of likely N-dealkylation sites (tertiary alicyclic amines) is 1. The highest BCUT2D eigenvalue weighted by atomic mass is 79.9. The van der Waals surface area contributed by atoms with E-state index in [9.17, 15) is 9.59 Å². The van der Waals surface area contributed by atoms with Crippen molar-refractivity contribution in [2.75, 3.05) is 13.2 Å². The molecule has 134 valence electrons. The summed E-state index contributed by atoms with van der Waals surface area (Å²) in [6, 6.07) is 7.28. The number of nitrogens with zero attached hydrogens (tertiary/aromatic N) is 1. The summed E-state index contributed by atoms with van der Waals surface area (Å²) in [6.45, 7) is 4.75. The van der Waals surface area contributed by atoms with E-state index < -0.39 is 6.04 Å². The monoisotopic (exact) mass is 407 g/mol. The highest BCUT2D eigenvalue weighted by molar-refractivity contribution is 9.10. The number of benzene rings is 1. The molecule has 1 aliphatic rings. The Morgan fingerprint density at radius 1 is 1.36 bits per heavy atom. The molecule has 2 aromatic rings. The minimum absolute atomic E-state index is 0.0260. The lowest BCUT2D eigenvalue weighted by atomic mass is 10.0. The predicted molar refractivity (Wildman–Crippen MR) is 98.2 cm³/mol. The third-order valence-electron chi connectivity index (χ3n) is 4.44. The second-order valence-electron chi connectivity index (χ2n) is 6.69. The number of furan rings is 1. The average molecular weight is 408 g/mol. The van der Waals surface area contributed by atoms with Gasteiger partial charge in [-0.3, -0.25) is 4.79 Å². The molecule has 1 aliphatic heterocycles. The van der Waals surface area contributed by atoms with Crippen LogP contribution in [0.15, 0.2) is 33.2 Å². The van der Waals surface area contributed by atoms with Crippen LogP contribution in [0.2, 0.25) is 0 Å². The lowest BCUT2D eigenvalue weighted by Crippen LogP contribution is -2.46. The van der Waals surface area contributed by atoms with Crippen molar-refractivity contribution in [1.82, 2.24) is 4.90 Å². The molecule has 0 N–H and O–H groups in total. The van der Waals surface area contributed by atoms with Crippen molar-refractivity contribution in [2.24, 2.45) is 5.92 Å². The molecule has 1 aromatic carbocycles. The summed E-state index contributed by atoms with van der Waals surface area (Å²) in [5, 5.41) is 1.01. The first-order chi connectivity index (χ1) is 12.0. The van der Waals surface area contributed by atoms with Gasteiger partial charge in [-0.15, -0.1) is 0 Å². The quantitative estimate of drug-likeness (QED) is 0.680. The van der Waals surface area contributed by atoms with Crippen LogP contribution in [0.1, 0.15) is 32.4 Å². The first-order valence-electron chi connectivity index (χ1n) is 8.60. The maximum Gasteiger partial charge on any atom is 0.329 e. The van der Waals surface area contributed by atoms with Gasteiger partial charge in [-0.25, -0.2) is 4.79 Å². The van der Waals surface area contributed by atoms with E-state index in [2.05, 4.69) is 15.9 Å². The molecule has 3 rings (SSSR count). The van der Waals surface area contributed by atoms with Crippen molar-refractivity contribution in [1.29, 1.82) is 0 Å². The van der Waals surface area contributed by atoms with Gasteiger partial charge in [0.15, 0.2) is 0 Å². The summed E-state index contributed by atoms with van der Waals surface area (Å²) in [4.78, 5) is 26.1. The molecule has 0 saturated carbocycles. The molecule has 1 saturated heterocycles. The molecule has 1 atom stereocenters. The van der Waals surface area contributed by atoms with E-state index >= 15 is 0 Å². The van der Waals surface area contributed by atoms with Gasteiger partial charge in [0.05, 0.1) is 6.61 Å². The molecule has 2 heterocycles. The van der Waals surface area contributed by atoms with E-state index in [4.69, 9.17) is 9.15 Å². The van der Waals surface area contributed by atoms with Crippen molar-refractivity contribution in [3.63, 3.8) is 0 Å². The average Bonchev–Trinajstić information content (AvgIpc) is 3.13. The van der Waals surface area contributed by atoms with Crippen molar-refractivity contribution >= 4 is 38.8 Å². The molecule has 0 spiro atoms. The second-order valence-corrected chi connectivity index (χ2v) is 7.61. The fourth-order valence-electron chi connectivity index (χ4n) is 3.25. The molecule has 1 fully saturated rings. The lowest BCUT2D eigenvalue weighted by molar-refractivity contribution is -0.155. The van der Waals surface area contributed by atoms with Gasteiger partial charge in [-0.2, -0.15) is 0 Å². The van der Waals surface area contributed by atoms with Crippen LogP contribution in [0, 0.1) is 5.92 Å². The Bertz CT molecular complexity index is 783. The number of amides is 1. The Balaban J connectivity index is 1.59. The fraction of sp³-hybridized carbons (Fsp3) is 0.474. The molecule has 1 aromatic heterocycles. The van der Waals surface area contributed by atoms with Crippen molar-refractivity contribution < 1.29 is 18.7 Å². The van der Waals surface area contributed by atoms with E-state index in [1.54, 1.807) is 4.90 Å². The smallest absolute Gasteiger partial charge is 0.329 e. The van der Waals surface area contributed by atoms with Crippen molar-refractivity contribution in [3.8, 4) is 0 Å². The van der Waals surface area contributed by atoms with Gasteiger partial charge < -0.3 is 14.1 Å². The molecule has 1 amide bonds. The number of hydrogen-bond acceptors (Lipinski definition) is 4. The SMILES string of the molecule is CC(C)C(C(=O)OCCc1cc2cc(Br)ccc2o1)N1CCCC1=O. The van der Waals surface area contributed by atoms with Gasteiger partial charge in [-0.1, -0.05) is 29.8 Å². The maximum atomic E-state index is 12.5. The molecule has 0 aliphatic carbocycles. The molecular weight excluding hydrogens is 386 g/mol. The fourth-order valence-corrected chi connectivity index (χ4v) is 3.63. The Morgan fingerprint density at radius 2 is 2.16 bits per heavy atom. The minimum atomic E-state index is -0.498. The van der Waals surface area contributed by atoms with Gasteiger partial charge in [-0.05, 0) is 36.6 Å². The number of ether oxygens (including phenoxy) is 1. The lowest BCUT2D eigenvalue weighted by Gasteiger charge is -2.28. The molecule has 6 heteroatoms. The predicted octanol–water partition coefficient (Wildman–Crippen LogP) is 3.93. The third kappa shape index (κ3) is 4.06. The van der Waals surface area contributed by atoms with E-state index in [1.807, 2.05) is 38.1 Å². The highest BCUT2D eigenvalue weighted by Crippen LogP contribution is 2.24. The van der Waals surface area contributed by atoms with Crippen LogP contribution >= 0.6 is 15.9 Å². The number of carbonyl (C=O) groups excluding carboxylic acids is 2. The summed E-state index contributed by atoms with van der Waals surface area (Å²) in [7, 11) is 0. The summed E-state index contributed by atoms with van der Waals surface area (Å²) < 4.78 is 12.2. The van der Waals surface area contributed by atoms with Gasteiger partial charge >= 0.3 is 5.97 Å². The number of carbonyl (C=O) groups is 2. The molecule has 5 nitrogen and oxygen atoms in total. The molecule has 1 unspecified atom stereocenters. The number of rotatable bonds is 6. The summed E-state index contributed by atoms with van der Waals surface area (Å²) in [5.41, 5.74) is 0.812. The summed E-state index contributed by atoms with van der Waals surface area (Å²) in [5.74, 6) is 0.514. The number of halogens is 1. The zero-order valence-corrected chi connectivity index (χ0v) is 16.0. The van der Waals surface area contributed by atoms with E-state index in [-0.39, 0.29) is 24.4 Å². The largest absolute Gasteiger partial charge is 0.464 e. The molecule has 0 radical (unpaired) electrons. The minimum Gasteiger partial charge on any atom is -0.464 e. The first kappa shape index (κ1) is 18.0. The standard InChI is InChI=1S/C19H22BrNO4/c1-12(2)18(21-8-3-4-17(21)22)19(23)24-9-7-15-11-13-10-14(20)5-6-16(13)25-15/h5-6,10-12,18H,3-4,7-9H2,1-2H3. The van der Waals surface area contributed by atoms with Crippen LogP contribution in [0.4, 0.5) is 0 Å². The highest BCUT2D eigenvalue weighted by Gasteiger charge is 2.35. The van der Waals surface area contributed by atoms with Crippen LogP contribution in [-0.4, -0.2) is 36.0 Å². The summed E-state index contributed by atoms with van der Waals surface area (Å²) in [6.07, 6.45) is 1.84. The van der Waals surface area contributed by atoms with Gasteiger partial charge in [0, 0.05) is 29.2 Å². The van der Waals surface area contributed by atoms with E-state index in [0.717, 1.165) is 27.6 Å². The Labute approximate surface area is 155 Å². The Morgan fingerprint density at radius 3 is 2.84 bits per heavy atom. The van der Waals surface area contributed by atoms with Crippen molar-refractivity contribution in [2.45, 2.75) is 39.2 Å². The van der Waals surface area contributed by atoms with Crippen molar-refractivity contribution in [3.05, 3.63) is 34.5 Å². The molecule has 0 bridgehead atoms. The Kier molecular flexibility index (Phi) is 5.47. The Hall–Kier alpha value is -1.82. The number of fused-ring (bicyclic) bond motifs is 1. The topological polar surface area (TPSA) is 59.8 Å². The zero-order chi connectivity index (χ0) is 18.0. The van der Waals surface area contributed by atoms with E-state index in [1.165, 1.54) is 0 Å². The van der Waals surface area contributed by atoms with E-state index in [0.29, 0.717) is 19.4 Å². The third-order valence-corrected chi connectivity index (χ3v) is 4.93. The maximum absolute atomic E-state index is 12.5. The van der Waals surface area contributed by atoms with Crippen LogP contribution in [0.25, 0.3) is 11.0 Å². The normalized spacial score (nSPS) is 16.0. The summed E-state index contributed by atoms with van der Waals surface area (Å²) >= 11 is 3.44. The van der Waals surface area contributed by atoms with Gasteiger partial charge in [0.1, 0.15) is 17.4 Å². The van der Waals surface area contributed by atoms with Crippen LogP contribution in [-0.2, 0) is 20.7 Å². The zero-order valence-electron chi connectivity index (χ0n) is 14.5. The van der Waals surface area contributed by atoms with Crippen LogP contribution in [0.3, 0.4) is 0 Å². The molecular formula is C19H22BrNO4. The van der Waals surface area contributed by atoms with Gasteiger partial charge in [0.25, 0.3) is 0 Å². The molecule has 25 heavy (non-hydrogen) atoms. The first-order valence-corrected chi connectivity index (χ1v) is 9.39. The van der Waals surface area contributed by atoms with Gasteiger partial charge in [0.2, 0.25) is 5.91 Å². The second kappa shape index (κ2) is 7.60.